The first-order chi connectivity index (χ1) is 9.82. The number of hydrogen-bond donors (Lipinski definition) is 2. The number of carboxylic acids is 1. The Morgan fingerprint density at radius 3 is 2.71 bits per heavy atom. The zero-order chi connectivity index (χ0) is 15.6. The maximum Gasteiger partial charge on any atom is 0.337 e. The van der Waals surface area contributed by atoms with Crippen molar-refractivity contribution in [1.82, 2.24) is 14.3 Å². The van der Waals surface area contributed by atoms with Gasteiger partial charge in [-0.15, -0.1) is 0 Å². The van der Waals surface area contributed by atoms with Crippen molar-refractivity contribution in [3.05, 3.63) is 47.0 Å². The number of carboxylic acid groups (broad SMARTS) is 1. The SMILES string of the molecule is CN(Cc1ncc[nH]1)S(=O)(=O)c1ccc(C(=O)O)c(Cl)c1. The predicted molar refractivity (Wildman–Crippen MR) is 75.7 cm³/mol. The van der Waals surface area contributed by atoms with Gasteiger partial charge in [-0.25, -0.2) is 18.2 Å². The van der Waals surface area contributed by atoms with Crippen molar-refractivity contribution in [2.75, 3.05) is 7.05 Å². The van der Waals surface area contributed by atoms with E-state index >= 15 is 0 Å². The summed E-state index contributed by atoms with van der Waals surface area (Å²) in [6.07, 6.45) is 3.11. The molecular formula is C12H12ClN3O4S. The third-order valence-electron chi connectivity index (χ3n) is 2.81. The van der Waals surface area contributed by atoms with Crippen LogP contribution in [0.5, 0.6) is 0 Å². The Kier molecular flexibility index (Phi) is 4.31. The molecule has 0 spiro atoms. The van der Waals surface area contributed by atoms with Crippen molar-refractivity contribution in [1.29, 1.82) is 0 Å². The van der Waals surface area contributed by atoms with Crippen LogP contribution >= 0.6 is 11.6 Å². The summed E-state index contributed by atoms with van der Waals surface area (Å²) >= 11 is 5.80. The number of nitrogens with zero attached hydrogens (tertiary/aromatic N) is 2. The second-order valence-electron chi connectivity index (χ2n) is 4.24. The van der Waals surface area contributed by atoms with E-state index in [1.807, 2.05) is 0 Å². The fourth-order valence-corrected chi connectivity index (χ4v) is 3.17. The van der Waals surface area contributed by atoms with Crippen LogP contribution in [-0.4, -0.2) is 40.8 Å². The highest BCUT2D eigenvalue weighted by Gasteiger charge is 2.23. The highest BCUT2D eigenvalue weighted by Crippen LogP contribution is 2.23. The molecule has 2 rings (SSSR count). The lowest BCUT2D eigenvalue weighted by molar-refractivity contribution is 0.0697. The molecule has 0 fully saturated rings. The van der Waals surface area contributed by atoms with Gasteiger partial charge in [-0.3, -0.25) is 0 Å². The minimum absolute atomic E-state index is 0.0631. The van der Waals surface area contributed by atoms with Gasteiger partial charge in [0.2, 0.25) is 10.0 Å². The maximum atomic E-state index is 12.4. The molecule has 0 unspecified atom stereocenters. The van der Waals surface area contributed by atoms with Crippen molar-refractivity contribution in [2.45, 2.75) is 11.4 Å². The van der Waals surface area contributed by atoms with Gasteiger partial charge in [0.15, 0.2) is 0 Å². The van der Waals surface area contributed by atoms with Gasteiger partial charge in [-0.05, 0) is 18.2 Å². The van der Waals surface area contributed by atoms with E-state index in [2.05, 4.69) is 9.97 Å². The van der Waals surface area contributed by atoms with Gasteiger partial charge in [0, 0.05) is 19.4 Å². The third kappa shape index (κ3) is 3.23. The molecule has 0 amide bonds. The van der Waals surface area contributed by atoms with Gasteiger partial charge in [0.05, 0.1) is 22.0 Å². The fraction of sp³-hybridized carbons (Fsp3) is 0.167. The molecular weight excluding hydrogens is 318 g/mol. The fourth-order valence-electron chi connectivity index (χ4n) is 1.69. The van der Waals surface area contributed by atoms with Crippen LogP contribution in [0.25, 0.3) is 0 Å². The van der Waals surface area contributed by atoms with Crippen LogP contribution in [0.2, 0.25) is 5.02 Å². The number of imidazole rings is 1. The van der Waals surface area contributed by atoms with Crippen LogP contribution in [0.1, 0.15) is 16.2 Å². The number of sulfonamides is 1. The van der Waals surface area contributed by atoms with Gasteiger partial charge >= 0.3 is 5.97 Å². The molecule has 0 saturated heterocycles. The Bertz CT molecular complexity index is 759. The van der Waals surface area contributed by atoms with Crippen molar-refractivity contribution in [2.24, 2.45) is 0 Å². The number of carbonyl (C=O) groups is 1. The highest BCUT2D eigenvalue weighted by molar-refractivity contribution is 7.89. The summed E-state index contributed by atoms with van der Waals surface area (Å²) < 4.78 is 25.8. The summed E-state index contributed by atoms with van der Waals surface area (Å²) in [7, 11) is -2.38. The van der Waals surface area contributed by atoms with E-state index in [0.29, 0.717) is 5.82 Å². The molecule has 21 heavy (non-hydrogen) atoms. The Morgan fingerprint density at radius 1 is 1.48 bits per heavy atom. The third-order valence-corrected chi connectivity index (χ3v) is 4.92. The first kappa shape index (κ1) is 15.5. The second-order valence-corrected chi connectivity index (χ2v) is 6.70. The number of hydrogen-bond acceptors (Lipinski definition) is 4. The smallest absolute Gasteiger partial charge is 0.337 e. The van der Waals surface area contributed by atoms with E-state index < -0.39 is 16.0 Å². The predicted octanol–water partition coefficient (Wildman–Crippen LogP) is 1.58. The van der Waals surface area contributed by atoms with Crippen molar-refractivity contribution >= 4 is 27.6 Å². The molecule has 2 aromatic rings. The van der Waals surface area contributed by atoms with E-state index in [9.17, 15) is 13.2 Å². The van der Waals surface area contributed by atoms with Crippen LogP contribution in [0.4, 0.5) is 0 Å². The average molecular weight is 330 g/mol. The van der Waals surface area contributed by atoms with Crippen molar-refractivity contribution in [3.8, 4) is 0 Å². The van der Waals surface area contributed by atoms with E-state index in [1.54, 1.807) is 6.20 Å². The molecule has 0 atom stereocenters. The molecule has 1 aromatic heterocycles. The molecule has 0 aliphatic carbocycles. The number of aromatic carboxylic acids is 1. The molecule has 7 nitrogen and oxygen atoms in total. The Labute approximate surface area is 126 Å². The molecule has 0 saturated carbocycles. The standard InChI is InChI=1S/C12H12ClN3O4S/c1-16(7-11-14-4-5-15-11)21(19,20)8-2-3-9(12(17)18)10(13)6-8/h2-6H,7H2,1H3,(H,14,15)(H,17,18). The first-order valence-corrected chi connectivity index (χ1v) is 7.61. The van der Waals surface area contributed by atoms with Crippen molar-refractivity contribution < 1.29 is 18.3 Å². The molecule has 9 heteroatoms. The number of benzene rings is 1. The van der Waals surface area contributed by atoms with Crippen LogP contribution in [0, 0.1) is 0 Å². The van der Waals surface area contributed by atoms with Gasteiger partial charge in [0.1, 0.15) is 5.82 Å². The van der Waals surface area contributed by atoms with Crippen LogP contribution in [0.3, 0.4) is 0 Å². The van der Waals surface area contributed by atoms with E-state index in [0.717, 1.165) is 16.4 Å². The lowest BCUT2D eigenvalue weighted by Gasteiger charge is -2.16. The molecule has 1 heterocycles. The van der Waals surface area contributed by atoms with Crippen molar-refractivity contribution in [3.63, 3.8) is 0 Å². The van der Waals surface area contributed by atoms with Gasteiger partial charge in [0.25, 0.3) is 0 Å². The molecule has 112 valence electrons. The summed E-state index contributed by atoms with van der Waals surface area (Å²) in [5, 5.41) is 8.75. The Morgan fingerprint density at radius 2 is 2.19 bits per heavy atom. The lowest BCUT2D eigenvalue weighted by atomic mass is 10.2. The highest BCUT2D eigenvalue weighted by atomic mass is 35.5. The summed E-state index contributed by atoms with van der Waals surface area (Å²) in [5.41, 5.74) is -0.149. The quantitative estimate of drug-likeness (QED) is 0.866. The monoisotopic (exact) mass is 329 g/mol. The topological polar surface area (TPSA) is 103 Å². The van der Waals surface area contributed by atoms with Gasteiger partial charge in [-0.1, -0.05) is 11.6 Å². The van der Waals surface area contributed by atoms with E-state index in [4.69, 9.17) is 16.7 Å². The zero-order valence-electron chi connectivity index (χ0n) is 10.9. The molecule has 0 aliphatic rings. The zero-order valence-corrected chi connectivity index (χ0v) is 12.5. The van der Waals surface area contributed by atoms with Crippen LogP contribution in [0.15, 0.2) is 35.5 Å². The summed E-state index contributed by atoms with van der Waals surface area (Å²) in [6, 6.07) is 3.50. The first-order valence-electron chi connectivity index (χ1n) is 5.80. The van der Waals surface area contributed by atoms with Crippen LogP contribution < -0.4 is 0 Å². The number of rotatable bonds is 5. The number of halogens is 1. The molecule has 0 bridgehead atoms. The maximum absolute atomic E-state index is 12.4. The minimum atomic E-state index is -3.78. The summed E-state index contributed by atoms with van der Waals surface area (Å²) in [4.78, 5) is 17.6. The Balaban J connectivity index is 2.31. The minimum Gasteiger partial charge on any atom is -0.478 e. The average Bonchev–Trinajstić information content (AvgIpc) is 2.90. The van der Waals surface area contributed by atoms with E-state index in [1.165, 1.54) is 19.3 Å². The number of aromatic amines is 1. The van der Waals surface area contributed by atoms with E-state index in [-0.39, 0.29) is 22.0 Å². The molecule has 0 aliphatic heterocycles. The normalized spacial score (nSPS) is 11.8. The molecule has 0 radical (unpaired) electrons. The largest absolute Gasteiger partial charge is 0.478 e. The molecule has 1 aromatic carbocycles. The van der Waals surface area contributed by atoms with Crippen LogP contribution in [-0.2, 0) is 16.6 Å². The Hall–Kier alpha value is -1.90. The number of H-pyrrole nitrogens is 1. The second kappa shape index (κ2) is 5.84. The number of aromatic nitrogens is 2. The van der Waals surface area contributed by atoms with Gasteiger partial charge in [-0.2, -0.15) is 4.31 Å². The lowest BCUT2D eigenvalue weighted by Crippen LogP contribution is -2.27. The van der Waals surface area contributed by atoms with Gasteiger partial charge < -0.3 is 10.1 Å². The summed E-state index contributed by atoms with van der Waals surface area (Å²) in [6.45, 7) is 0.0631. The number of nitrogens with one attached hydrogen (secondary N) is 1. The summed E-state index contributed by atoms with van der Waals surface area (Å²) in [5.74, 6) is -0.720. The molecule has 2 N–H and O–H groups in total.